The maximum absolute atomic E-state index is 12.8. The average molecular weight is 446 g/mol. The highest BCUT2D eigenvalue weighted by molar-refractivity contribution is 6.29. The number of carbonyl (C=O) groups is 2. The molecule has 8 nitrogen and oxygen atoms in total. The van der Waals surface area contributed by atoms with E-state index in [0.717, 1.165) is 11.1 Å². The standard InChI is InChI=1S/C22H24ClN3O5/c1-29-19-10-6-5-9-16(19)11-18(21(27)24-13-17-12-20(23)26-31-17)25-22(28)30-14-15-7-3-2-4-8-15/h2-10,12,17-18,26H,11,13-14H2,1H3,(H,24,27)(H,25,28)/t17?,18-/m0/s1. The fraction of sp³-hybridized carbons (Fsp3) is 0.273. The van der Waals surface area contributed by atoms with Gasteiger partial charge in [0.25, 0.3) is 0 Å². The van der Waals surface area contributed by atoms with E-state index in [1.54, 1.807) is 19.3 Å². The zero-order valence-electron chi connectivity index (χ0n) is 17.0. The van der Waals surface area contributed by atoms with Gasteiger partial charge in [0.15, 0.2) is 0 Å². The highest BCUT2D eigenvalue weighted by atomic mass is 35.5. The lowest BCUT2D eigenvalue weighted by atomic mass is 10.0. The summed E-state index contributed by atoms with van der Waals surface area (Å²) in [5, 5.41) is 5.76. The number of ether oxygens (including phenoxy) is 2. The summed E-state index contributed by atoms with van der Waals surface area (Å²) in [7, 11) is 1.55. The molecule has 0 aromatic heterocycles. The molecule has 1 unspecified atom stereocenters. The summed E-state index contributed by atoms with van der Waals surface area (Å²) in [6, 6.07) is 15.7. The Bertz CT molecular complexity index is 922. The summed E-state index contributed by atoms with van der Waals surface area (Å²) >= 11 is 5.80. The van der Waals surface area contributed by atoms with Crippen LogP contribution in [0, 0.1) is 0 Å². The van der Waals surface area contributed by atoms with Crippen LogP contribution in [0.3, 0.4) is 0 Å². The van der Waals surface area contributed by atoms with Crippen LogP contribution in [0.5, 0.6) is 5.75 Å². The number of halogens is 1. The van der Waals surface area contributed by atoms with Crippen LogP contribution < -0.4 is 20.9 Å². The second kappa shape index (κ2) is 11.2. The Labute approximate surface area is 185 Å². The van der Waals surface area contributed by atoms with Gasteiger partial charge in [-0.05, 0) is 23.3 Å². The largest absolute Gasteiger partial charge is 0.496 e. The van der Waals surface area contributed by atoms with Crippen LogP contribution in [0.2, 0.25) is 0 Å². The van der Waals surface area contributed by atoms with E-state index >= 15 is 0 Å². The quantitative estimate of drug-likeness (QED) is 0.513. The van der Waals surface area contributed by atoms with E-state index < -0.39 is 18.2 Å². The molecule has 0 radical (unpaired) electrons. The molecule has 31 heavy (non-hydrogen) atoms. The Morgan fingerprint density at radius 1 is 1.16 bits per heavy atom. The summed E-state index contributed by atoms with van der Waals surface area (Å²) in [6.45, 7) is 0.284. The number of para-hydroxylation sites is 1. The minimum absolute atomic E-state index is 0.0978. The Morgan fingerprint density at radius 2 is 1.90 bits per heavy atom. The molecular formula is C22H24ClN3O5. The van der Waals surface area contributed by atoms with E-state index in [-0.39, 0.29) is 25.5 Å². The third-order valence-corrected chi connectivity index (χ3v) is 4.76. The van der Waals surface area contributed by atoms with E-state index in [0.29, 0.717) is 10.9 Å². The molecule has 0 saturated carbocycles. The molecular weight excluding hydrogens is 422 g/mol. The molecule has 0 bridgehead atoms. The molecule has 2 amide bonds. The van der Waals surface area contributed by atoms with Crippen molar-refractivity contribution in [2.75, 3.05) is 13.7 Å². The van der Waals surface area contributed by atoms with Crippen molar-refractivity contribution in [3.8, 4) is 5.75 Å². The molecule has 0 spiro atoms. The van der Waals surface area contributed by atoms with E-state index in [1.165, 1.54) is 0 Å². The minimum atomic E-state index is -0.881. The van der Waals surface area contributed by atoms with Crippen molar-refractivity contribution in [2.45, 2.75) is 25.2 Å². The van der Waals surface area contributed by atoms with Crippen molar-refractivity contribution in [2.24, 2.45) is 0 Å². The second-order valence-corrected chi connectivity index (χ2v) is 7.20. The van der Waals surface area contributed by atoms with Gasteiger partial charge in [0, 0.05) is 6.42 Å². The normalized spacial score (nSPS) is 15.9. The van der Waals surface area contributed by atoms with Gasteiger partial charge in [-0.1, -0.05) is 60.1 Å². The van der Waals surface area contributed by atoms with Crippen LogP contribution in [0.25, 0.3) is 0 Å². The Balaban J connectivity index is 1.64. The first-order valence-electron chi connectivity index (χ1n) is 9.71. The number of carbonyl (C=O) groups excluding carboxylic acids is 2. The van der Waals surface area contributed by atoms with Crippen LogP contribution in [0.4, 0.5) is 4.79 Å². The maximum Gasteiger partial charge on any atom is 0.408 e. The minimum Gasteiger partial charge on any atom is -0.496 e. The van der Waals surface area contributed by atoms with E-state index in [1.807, 2.05) is 48.5 Å². The van der Waals surface area contributed by atoms with Crippen molar-refractivity contribution in [1.82, 2.24) is 16.1 Å². The van der Waals surface area contributed by atoms with Gasteiger partial charge in [-0.3, -0.25) is 15.1 Å². The lowest BCUT2D eigenvalue weighted by Gasteiger charge is -2.20. The van der Waals surface area contributed by atoms with Crippen molar-refractivity contribution >= 4 is 23.6 Å². The number of hydrogen-bond donors (Lipinski definition) is 3. The Kier molecular flexibility index (Phi) is 8.14. The fourth-order valence-corrected chi connectivity index (χ4v) is 3.18. The first-order valence-corrected chi connectivity index (χ1v) is 10.1. The van der Waals surface area contributed by atoms with Crippen LogP contribution >= 0.6 is 11.6 Å². The summed E-state index contributed by atoms with van der Waals surface area (Å²) in [6.07, 6.45) is 0.754. The summed E-state index contributed by atoms with van der Waals surface area (Å²) < 4.78 is 10.6. The number of hydroxylamine groups is 1. The smallest absolute Gasteiger partial charge is 0.408 e. The van der Waals surface area contributed by atoms with Gasteiger partial charge in [-0.15, -0.1) is 0 Å². The number of rotatable bonds is 9. The first-order chi connectivity index (χ1) is 15.0. The molecule has 1 aliphatic rings. The van der Waals surface area contributed by atoms with Crippen LogP contribution in [0.15, 0.2) is 65.8 Å². The molecule has 2 atom stereocenters. The third kappa shape index (κ3) is 6.91. The number of alkyl carbamates (subject to hydrolysis) is 1. The number of methoxy groups -OCH3 is 1. The molecule has 3 N–H and O–H groups in total. The van der Waals surface area contributed by atoms with E-state index in [9.17, 15) is 9.59 Å². The Hall–Kier alpha value is -3.23. The topological polar surface area (TPSA) is 97.9 Å². The van der Waals surface area contributed by atoms with E-state index in [2.05, 4.69) is 16.1 Å². The molecule has 0 aliphatic carbocycles. The van der Waals surface area contributed by atoms with Gasteiger partial charge < -0.3 is 20.1 Å². The molecule has 3 rings (SSSR count). The summed E-state index contributed by atoms with van der Waals surface area (Å²) in [4.78, 5) is 30.4. The number of nitrogens with one attached hydrogen (secondary N) is 3. The molecule has 1 aliphatic heterocycles. The highest BCUT2D eigenvalue weighted by Gasteiger charge is 2.25. The van der Waals surface area contributed by atoms with Crippen molar-refractivity contribution in [1.29, 1.82) is 0 Å². The summed E-state index contributed by atoms with van der Waals surface area (Å²) in [5.74, 6) is 0.236. The predicted molar refractivity (Wildman–Crippen MR) is 115 cm³/mol. The third-order valence-electron chi connectivity index (χ3n) is 4.56. The van der Waals surface area contributed by atoms with Crippen LogP contribution in [0.1, 0.15) is 11.1 Å². The SMILES string of the molecule is COc1ccccc1C[C@H](NC(=O)OCc1ccccc1)C(=O)NCC1C=C(Cl)NO1. The van der Waals surface area contributed by atoms with Crippen LogP contribution in [-0.4, -0.2) is 37.8 Å². The van der Waals surface area contributed by atoms with Crippen molar-refractivity contribution < 1.29 is 23.9 Å². The van der Waals surface area contributed by atoms with Gasteiger partial charge >= 0.3 is 6.09 Å². The molecule has 9 heteroatoms. The molecule has 2 aromatic rings. The van der Waals surface area contributed by atoms with Gasteiger partial charge in [-0.2, -0.15) is 0 Å². The lowest BCUT2D eigenvalue weighted by Crippen LogP contribution is -2.49. The number of hydrogen-bond acceptors (Lipinski definition) is 6. The monoisotopic (exact) mass is 445 g/mol. The first kappa shape index (κ1) is 22.5. The van der Waals surface area contributed by atoms with Gasteiger partial charge in [0.2, 0.25) is 5.91 Å². The highest BCUT2D eigenvalue weighted by Crippen LogP contribution is 2.19. The molecule has 2 aromatic carbocycles. The van der Waals surface area contributed by atoms with Gasteiger partial charge in [0.1, 0.15) is 29.7 Å². The maximum atomic E-state index is 12.8. The molecule has 1 heterocycles. The number of benzene rings is 2. The fourth-order valence-electron chi connectivity index (χ4n) is 3.00. The average Bonchev–Trinajstić information content (AvgIpc) is 3.21. The summed E-state index contributed by atoms with van der Waals surface area (Å²) in [5.41, 5.74) is 4.13. The molecule has 164 valence electrons. The Morgan fingerprint density at radius 3 is 2.61 bits per heavy atom. The van der Waals surface area contributed by atoms with Crippen LogP contribution in [-0.2, 0) is 27.4 Å². The predicted octanol–water partition coefficient (Wildman–Crippen LogP) is 2.63. The zero-order chi connectivity index (χ0) is 22.1. The molecule has 0 fully saturated rings. The van der Waals surface area contributed by atoms with E-state index in [4.69, 9.17) is 25.9 Å². The zero-order valence-corrected chi connectivity index (χ0v) is 17.7. The second-order valence-electron chi connectivity index (χ2n) is 6.79. The van der Waals surface area contributed by atoms with Gasteiger partial charge in [0.05, 0.1) is 13.7 Å². The van der Waals surface area contributed by atoms with Crippen molar-refractivity contribution in [3.05, 3.63) is 77.0 Å². The number of amides is 2. The molecule has 0 saturated heterocycles. The van der Waals surface area contributed by atoms with Gasteiger partial charge in [-0.25, -0.2) is 4.79 Å². The van der Waals surface area contributed by atoms with Crippen molar-refractivity contribution in [3.63, 3.8) is 0 Å². The lowest BCUT2D eigenvalue weighted by molar-refractivity contribution is -0.123.